The van der Waals surface area contributed by atoms with Gasteiger partial charge >= 0.3 is 6.01 Å². The molecule has 6 nitrogen and oxygen atoms in total. The fourth-order valence-electron chi connectivity index (χ4n) is 1.10. The van der Waals surface area contributed by atoms with Crippen molar-refractivity contribution in [3.05, 3.63) is 42.7 Å². The van der Waals surface area contributed by atoms with Gasteiger partial charge in [-0.05, 0) is 12.1 Å². The normalized spacial score (nSPS) is 11.1. The first-order valence-electron chi connectivity index (χ1n) is 4.63. The molecule has 2 rings (SSSR count). The Morgan fingerprint density at radius 1 is 1.06 bits per heavy atom. The number of primary sulfonamides is 1. The second kappa shape index (κ2) is 4.48. The first-order valence-corrected chi connectivity index (χ1v) is 6.18. The Hall–Kier alpha value is -1.99. The van der Waals surface area contributed by atoms with E-state index in [1.54, 1.807) is 24.3 Å². The van der Waals surface area contributed by atoms with Gasteiger partial charge in [0.1, 0.15) is 10.6 Å². The van der Waals surface area contributed by atoms with Crippen molar-refractivity contribution in [3.8, 4) is 11.8 Å². The van der Waals surface area contributed by atoms with Gasteiger partial charge in [0.15, 0.2) is 0 Å². The van der Waals surface area contributed by atoms with Crippen molar-refractivity contribution in [2.24, 2.45) is 5.14 Å². The highest BCUT2D eigenvalue weighted by atomic mass is 32.2. The lowest BCUT2D eigenvalue weighted by atomic mass is 10.3. The summed E-state index contributed by atoms with van der Waals surface area (Å²) < 4.78 is 27.2. The van der Waals surface area contributed by atoms with E-state index < -0.39 is 10.0 Å². The van der Waals surface area contributed by atoms with Gasteiger partial charge in [-0.3, -0.25) is 0 Å². The first-order chi connectivity index (χ1) is 8.05. The van der Waals surface area contributed by atoms with Gasteiger partial charge in [-0.15, -0.1) is 0 Å². The van der Waals surface area contributed by atoms with Crippen molar-refractivity contribution in [1.29, 1.82) is 0 Å². The molecule has 0 aliphatic heterocycles. The van der Waals surface area contributed by atoms with Gasteiger partial charge in [-0.1, -0.05) is 18.2 Å². The fraction of sp³-hybridized carbons (Fsp3) is 0. The van der Waals surface area contributed by atoms with Crippen LogP contribution in [0.2, 0.25) is 0 Å². The van der Waals surface area contributed by atoms with Crippen molar-refractivity contribution < 1.29 is 13.2 Å². The summed E-state index contributed by atoms with van der Waals surface area (Å²) in [5.74, 6) is 0.566. The molecule has 0 amide bonds. The minimum atomic E-state index is -3.77. The zero-order valence-electron chi connectivity index (χ0n) is 8.65. The number of aromatic nitrogens is 2. The molecule has 7 heteroatoms. The van der Waals surface area contributed by atoms with Crippen molar-refractivity contribution in [2.75, 3.05) is 0 Å². The highest BCUT2D eigenvalue weighted by Gasteiger charge is 2.09. The molecule has 0 aliphatic rings. The van der Waals surface area contributed by atoms with Gasteiger partial charge in [-0.2, -0.15) is 0 Å². The summed E-state index contributed by atoms with van der Waals surface area (Å²) in [4.78, 5) is 7.34. The third-order valence-electron chi connectivity index (χ3n) is 1.89. The van der Waals surface area contributed by atoms with Crippen molar-refractivity contribution >= 4 is 10.0 Å². The van der Waals surface area contributed by atoms with Crippen LogP contribution in [0, 0.1) is 0 Å². The average Bonchev–Trinajstić information content (AvgIpc) is 2.30. The van der Waals surface area contributed by atoms with Crippen molar-refractivity contribution in [2.45, 2.75) is 4.90 Å². The summed E-state index contributed by atoms with van der Waals surface area (Å²) in [5, 5.41) is 4.91. The molecule has 0 fully saturated rings. The molecule has 2 aromatic rings. The summed E-state index contributed by atoms with van der Waals surface area (Å²) in [6.45, 7) is 0. The summed E-state index contributed by atoms with van der Waals surface area (Å²) in [7, 11) is -3.77. The fourth-order valence-corrected chi connectivity index (χ4v) is 1.50. The third-order valence-corrected chi connectivity index (χ3v) is 2.75. The lowest BCUT2D eigenvalue weighted by Gasteiger charge is -2.03. The number of sulfonamides is 1. The van der Waals surface area contributed by atoms with E-state index in [1.165, 1.54) is 0 Å². The molecule has 0 spiro atoms. The highest BCUT2D eigenvalue weighted by Crippen LogP contribution is 2.16. The van der Waals surface area contributed by atoms with Crippen LogP contribution in [-0.2, 0) is 10.0 Å². The zero-order chi connectivity index (χ0) is 12.3. The Bertz CT molecular complexity index is 596. The number of para-hydroxylation sites is 1. The summed E-state index contributed by atoms with van der Waals surface area (Å²) in [6.07, 6.45) is 2.20. The van der Waals surface area contributed by atoms with Gasteiger partial charge in [0.25, 0.3) is 0 Å². The Morgan fingerprint density at radius 3 is 2.18 bits per heavy atom. The van der Waals surface area contributed by atoms with Gasteiger partial charge in [0, 0.05) is 0 Å². The van der Waals surface area contributed by atoms with Gasteiger partial charge in [0.05, 0.1) is 12.4 Å². The minimum Gasteiger partial charge on any atom is -0.424 e. The first kappa shape index (κ1) is 11.5. The number of hydrogen-bond donors (Lipinski definition) is 1. The van der Waals surface area contributed by atoms with E-state index in [2.05, 4.69) is 9.97 Å². The molecule has 2 N–H and O–H groups in total. The largest absolute Gasteiger partial charge is 0.424 e. The maximum Gasteiger partial charge on any atom is 0.321 e. The number of nitrogens with zero attached hydrogens (tertiary/aromatic N) is 2. The molecule has 0 saturated heterocycles. The molecular formula is C10H9N3O3S. The maximum atomic E-state index is 11.0. The minimum absolute atomic E-state index is 0.0589. The Balaban J connectivity index is 2.20. The van der Waals surface area contributed by atoms with Gasteiger partial charge < -0.3 is 4.74 Å². The second-order valence-corrected chi connectivity index (χ2v) is 4.72. The number of rotatable bonds is 3. The van der Waals surface area contributed by atoms with E-state index in [0.29, 0.717) is 5.75 Å². The number of nitrogens with two attached hydrogens (primary N) is 1. The van der Waals surface area contributed by atoms with Gasteiger partial charge in [-0.25, -0.2) is 23.5 Å². The quantitative estimate of drug-likeness (QED) is 0.875. The van der Waals surface area contributed by atoms with Crippen LogP contribution in [0.4, 0.5) is 0 Å². The molecule has 1 aromatic heterocycles. The molecule has 88 valence electrons. The van der Waals surface area contributed by atoms with Crippen LogP contribution in [0.3, 0.4) is 0 Å². The van der Waals surface area contributed by atoms with Crippen molar-refractivity contribution in [1.82, 2.24) is 9.97 Å². The van der Waals surface area contributed by atoms with E-state index in [-0.39, 0.29) is 10.9 Å². The van der Waals surface area contributed by atoms with Crippen molar-refractivity contribution in [3.63, 3.8) is 0 Å². The van der Waals surface area contributed by atoms with Crippen LogP contribution >= 0.6 is 0 Å². The molecule has 0 bridgehead atoms. The molecule has 0 radical (unpaired) electrons. The summed E-state index contributed by atoms with van der Waals surface area (Å²) in [5.41, 5.74) is 0. The monoisotopic (exact) mass is 251 g/mol. The molecule has 1 heterocycles. The van der Waals surface area contributed by atoms with Crippen LogP contribution in [0.25, 0.3) is 0 Å². The summed E-state index contributed by atoms with van der Waals surface area (Å²) in [6, 6.07) is 8.97. The predicted molar refractivity (Wildman–Crippen MR) is 59.9 cm³/mol. The summed E-state index contributed by atoms with van der Waals surface area (Å²) >= 11 is 0. The lowest BCUT2D eigenvalue weighted by molar-refractivity contribution is 0.440. The smallest absolute Gasteiger partial charge is 0.321 e. The van der Waals surface area contributed by atoms with E-state index in [1.807, 2.05) is 6.07 Å². The van der Waals surface area contributed by atoms with Crippen LogP contribution < -0.4 is 9.88 Å². The van der Waals surface area contributed by atoms with Crippen LogP contribution in [0.1, 0.15) is 0 Å². The van der Waals surface area contributed by atoms with Crippen LogP contribution in [0.15, 0.2) is 47.6 Å². The van der Waals surface area contributed by atoms with E-state index in [9.17, 15) is 8.42 Å². The molecular weight excluding hydrogens is 242 g/mol. The van der Waals surface area contributed by atoms with E-state index >= 15 is 0 Å². The number of benzene rings is 1. The second-order valence-electron chi connectivity index (χ2n) is 3.16. The Labute approximate surface area is 98.1 Å². The average molecular weight is 251 g/mol. The Morgan fingerprint density at radius 2 is 1.65 bits per heavy atom. The van der Waals surface area contributed by atoms with E-state index in [0.717, 1.165) is 12.4 Å². The molecule has 0 aliphatic carbocycles. The SMILES string of the molecule is NS(=O)(=O)c1cnc(Oc2ccccc2)nc1. The zero-order valence-corrected chi connectivity index (χ0v) is 9.46. The van der Waals surface area contributed by atoms with E-state index in [4.69, 9.17) is 9.88 Å². The highest BCUT2D eigenvalue weighted by molar-refractivity contribution is 7.89. The van der Waals surface area contributed by atoms with Crippen LogP contribution in [-0.4, -0.2) is 18.4 Å². The molecule has 1 aromatic carbocycles. The molecule has 0 saturated carbocycles. The lowest BCUT2D eigenvalue weighted by Crippen LogP contribution is -2.12. The topological polar surface area (TPSA) is 95.2 Å². The molecule has 0 unspecified atom stereocenters. The number of ether oxygens (including phenoxy) is 1. The van der Waals surface area contributed by atoms with Gasteiger partial charge in [0.2, 0.25) is 10.0 Å². The maximum absolute atomic E-state index is 11.0. The van der Waals surface area contributed by atoms with Crippen LogP contribution in [0.5, 0.6) is 11.8 Å². The third kappa shape index (κ3) is 2.99. The standard InChI is InChI=1S/C10H9N3O3S/c11-17(14,15)9-6-12-10(13-7-9)16-8-4-2-1-3-5-8/h1-7H,(H2,11,14,15). The Kier molecular flexibility index (Phi) is 3.03. The molecule has 17 heavy (non-hydrogen) atoms. The predicted octanol–water partition coefficient (Wildman–Crippen LogP) is 0.916. The number of hydrogen-bond acceptors (Lipinski definition) is 5. The molecule has 0 atom stereocenters.